The first kappa shape index (κ1) is 21.2. The average Bonchev–Trinajstić information content (AvgIpc) is 3.01. The van der Waals surface area contributed by atoms with Gasteiger partial charge in [-0.05, 0) is 70.4 Å². The molecule has 1 aliphatic heterocycles. The van der Waals surface area contributed by atoms with Gasteiger partial charge in [-0.3, -0.25) is 4.79 Å². The highest BCUT2D eigenvalue weighted by Gasteiger charge is 2.34. The lowest BCUT2D eigenvalue weighted by Crippen LogP contribution is -2.30. The zero-order chi connectivity index (χ0) is 22.0. The van der Waals surface area contributed by atoms with Crippen molar-refractivity contribution in [2.75, 3.05) is 4.90 Å². The van der Waals surface area contributed by atoms with E-state index in [2.05, 4.69) is 21.2 Å². The predicted molar refractivity (Wildman–Crippen MR) is 125 cm³/mol. The number of nitrogens with one attached hydrogen (secondary N) is 1. The number of nitrogens with zero attached hydrogens (tertiary/aromatic N) is 1. The summed E-state index contributed by atoms with van der Waals surface area (Å²) in [5, 5.41) is 3.06. The van der Waals surface area contributed by atoms with E-state index in [0.717, 1.165) is 20.5 Å². The van der Waals surface area contributed by atoms with Gasteiger partial charge in [0, 0.05) is 5.02 Å². The van der Waals surface area contributed by atoms with Crippen molar-refractivity contribution >= 4 is 51.2 Å². The third kappa shape index (κ3) is 4.81. The lowest BCUT2D eigenvalue weighted by molar-refractivity contribution is -0.113. The minimum Gasteiger partial charge on any atom is -0.488 e. The molecule has 7 heteroatoms. The molecule has 156 valence electrons. The highest BCUT2D eigenvalue weighted by molar-refractivity contribution is 9.10. The smallest absolute Gasteiger partial charge is 0.333 e. The second-order valence-corrected chi connectivity index (χ2v) is 8.36. The normalized spacial score (nSPS) is 14.8. The van der Waals surface area contributed by atoms with Crippen LogP contribution >= 0.6 is 27.5 Å². The number of rotatable bonds is 5. The molecule has 0 radical (unpaired) electrons. The molecule has 31 heavy (non-hydrogen) atoms. The van der Waals surface area contributed by atoms with Gasteiger partial charge < -0.3 is 10.1 Å². The van der Waals surface area contributed by atoms with Gasteiger partial charge in [-0.25, -0.2) is 9.69 Å². The summed E-state index contributed by atoms with van der Waals surface area (Å²) in [5.41, 5.74) is 3.62. The number of benzene rings is 3. The number of hydrogen-bond acceptors (Lipinski definition) is 3. The van der Waals surface area contributed by atoms with Crippen LogP contribution in [0.2, 0.25) is 5.02 Å². The number of aryl methyl sites for hydroxylation is 1. The summed E-state index contributed by atoms with van der Waals surface area (Å²) in [6.07, 6.45) is 1.62. The molecule has 0 atom stereocenters. The van der Waals surface area contributed by atoms with Gasteiger partial charge in [0.1, 0.15) is 18.1 Å². The van der Waals surface area contributed by atoms with E-state index in [4.69, 9.17) is 16.3 Å². The summed E-state index contributed by atoms with van der Waals surface area (Å²) in [4.78, 5) is 26.2. The van der Waals surface area contributed by atoms with Gasteiger partial charge in [-0.2, -0.15) is 0 Å². The quantitative estimate of drug-likeness (QED) is 0.343. The van der Waals surface area contributed by atoms with Gasteiger partial charge >= 0.3 is 6.03 Å². The van der Waals surface area contributed by atoms with E-state index in [1.54, 1.807) is 30.3 Å². The number of carbonyl (C=O) groups is 2. The SMILES string of the molecule is Cc1ccc(COc2ccc(/C=C3/NC(=O)N(c4cccc(Cl)c4)C3=O)cc2Br)cc1. The molecule has 0 aromatic heterocycles. The topological polar surface area (TPSA) is 58.6 Å². The van der Waals surface area contributed by atoms with Crippen LogP contribution in [0.25, 0.3) is 6.08 Å². The molecule has 0 saturated carbocycles. The number of anilines is 1. The number of imide groups is 1. The number of amides is 3. The molecule has 0 unspecified atom stereocenters. The first-order valence-electron chi connectivity index (χ1n) is 9.51. The van der Waals surface area contributed by atoms with E-state index < -0.39 is 11.9 Å². The molecule has 3 aromatic rings. The van der Waals surface area contributed by atoms with E-state index in [9.17, 15) is 9.59 Å². The molecule has 1 fully saturated rings. The summed E-state index contributed by atoms with van der Waals surface area (Å²) < 4.78 is 6.63. The summed E-state index contributed by atoms with van der Waals surface area (Å²) in [7, 11) is 0. The van der Waals surface area contributed by atoms with Crippen molar-refractivity contribution in [3.8, 4) is 5.75 Å². The summed E-state index contributed by atoms with van der Waals surface area (Å²) in [6.45, 7) is 2.49. The van der Waals surface area contributed by atoms with Crippen LogP contribution in [0.1, 0.15) is 16.7 Å². The molecular formula is C24H18BrClN2O3. The summed E-state index contributed by atoms with van der Waals surface area (Å²) in [5.74, 6) is 0.244. The standard InChI is InChI=1S/C24H18BrClN2O3/c1-15-5-7-16(8-6-15)14-31-22-10-9-17(11-20(22)25)12-21-23(29)28(24(30)27-21)19-4-2-3-18(26)13-19/h2-13H,14H2,1H3,(H,27,30)/b21-12+. The monoisotopic (exact) mass is 496 g/mol. The zero-order valence-corrected chi connectivity index (χ0v) is 18.9. The van der Waals surface area contributed by atoms with Crippen LogP contribution in [0.5, 0.6) is 5.75 Å². The van der Waals surface area contributed by atoms with Crippen molar-refractivity contribution in [1.82, 2.24) is 5.32 Å². The van der Waals surface area contributed by atoms with Gasteiger partial charge in [0.15, 0.2) is 0 Å². The second-order valence-electron chi connectivity index (χ2n) is 7.07. The van der Waals surface area contributed by atoms with E-state index >= 15 is 0 Å². The van der Waals surface area contributed by atoms with Crippen molar-refractivity contribution in [3.05, 3.63) is 98.6 Å². The Kier molecular flexibility index (Phi) is 6.11. The van der Waals surface area contributed by atoms with Crippen molar-refractivity contribution in [3.63, 3.8) is 0 Å². The Morgan fingerprint density at radius 1 is 1.06 bits per heavy atom. The Balaban J connectivity index is 1.49. The third-order valence-electron chi connectivity index (χ3n) is 4.73. The molecule has 0 bridgehead atoms. The van der Waals surface area contributed by atoms with Crippen LogP contribution in [-0.4, -0.2) is 11.9 Å². The van der Waals surface area contributed by atoms with Crippen LogP contribution in [0.3, 0.4) is 0 Å². The second kappa shape index (κ2) is 8.96. The highest BCUT2D eigenvalue weighted by atomic mass is 79.9. The van der Waals surface area contributed by atoms with Crippen LogP contribution in [0.4, 0.5) is 10.5 Å². The van der Waals surface area contributed by atoms with Crippen molar-refractivity contribution in [1.29, 1.82) is 0 Å². The molecule has 1 N–H and O–H groups in total. The molecular weight excluding hydrogens is 480 g/mol. The average molecular weight is 498 g/mol. The minimum atomic E-state index is -0.518. The van der Waals surface area contributed by atoms with E-state index in [-0.39, 0.29) is 5.70 Å². The minimum absolute atomic E-state index is 0.185. The van der Waals surface area contributed by atoms with Gasteiger partial charge in [-0.1, -0.05) is 53.6 Å². The lowest BCUT2D eigenvalue weighted by atomic mass is 10.1. The Labute approximate surface area is 193 Å². The first-order valence-corrected chi connectivity index (χ1v) is 10.7. The largest absolute Gasteiger partial charge is 0.488 e. The molecule has 1 heterocycles. The van der Waals surface area contributed by atoms with E-state index in [1.807, 2.05) is 49.4 Å². The maximum atomic E-state index is 12.8. The number of urea groups is 1. The van der Waals surface area contributed by atoms with Crippen molar-refractivity contribution < 1.29 is 14.3 Å². The molecule has 3 amide bonds. The Hall–Kier alpha value is -3.09. The van der Waals surface area contributed by atoms with Gasteiger partial charge in [0.05, 0.1) is 10.2 Å². The predicted octanol–water partition coefficient (Wildman–Crippen LogP) is 6.09. The number of ether oxygens (including phenoxy) is 1. The molecule has 3 aromatic carbocycles. The number of hydrogen-bond donors (Lipinski definition) is 1. The summed E-state index contributed by atoms with van der Waals surface area (Å²) >= 11 is 9.50. The van der Waals surface area contributed by atoms with Crippen LogP contribution < -0.4 is 15.0 Å². The van der Waals surface area contributed by atoms with Gasteiger partial charge in [-0.15, -0.1) is 0 Å². The Bertz CT molecular complexity index is 1190. The number of halogens is 2. The fourth-order valence-electron chi connectivity index (χ4n) is 3.12. The fraction of sp³-hybridized carbons (Fsp3) is 0.0833. The van der Waals surface area contributed by atoms with Crippen LogP contribution in [0.15, 0.2) is 76.9 Å². The molecule has 5 nitrogen and oxygen atoms in total. The molecule has 0 spiro atoms. The fourth-order valence-corrected chi connectivity index (χ4v) is 3.82. The van der Waals surface area contributed by atoms with Crippen molar-refractivity contribution in [2.45, 2.75) is 13.5 Å². The molecule has 4 rings (SSSR count). The Morgan fingerprint density at radius 2 is 1.84 bits per heavy atom. The number of carbonyl (C=O) groups excluding carboxylic acids is 2. The van der Waals surface area contributed by atoms with Crippen molar-refractivity contribution in [2.24, 2.45) is 0 Å². The maximum Gasteiger partial charge on any atom is 0.333 e. The van der Waals surface area contributed by atoms with Gasteiger partial charge in [0.2, 0.25) is 0 Å². The molecule has 1 aliphatic rings. The van der Waals surface area contributed by atoms with E-state index in [1.165, 1.54) is 5.56 Å². The zero-order valence-electron chi connectivity index (χ0n) is 16.6. The Morgan fingerprint density at radius 3 is 2.55 bits per heavy atom. The van der Waals surface area contributed by atoms with Crippen LogP contribution in [0, 0.1) is 6.92 Å². The molecule has 0 aliphatic carbocycles. The summed E-state index contributed by atoms with van der Waals surface area (Å²) in [6, 6.07) is 19.7. The van der Waals surface area contributed by atoms with Crippen LogP contribution in [-0.2, 0) is 11.4 Å². The molecule has 1 saturated heterocycles. The third-order valence-corrected chi connectivity index (χ3v) is 5.58. The first-order chi connectivity index (χ1) is 14.9. The lowest BCUT2D eigenvalue weighted by Gasteiger charge is -2.11. The van der Waals surface area contributed by atoms with E-state index in [0.29, 0.717) is 23.1 Å². The van der Waals surface area contributed by atoms with Gasteiger partial charge in [0.25, 0.3) is 5.91 Å². The maximum absolute atomic E-state index is 12.8. The highest BCUT2D eigenvalue weighted by Crippen LogP contribution is 2.29.